The van der Waals surface area contributed by atoms with Crippen LogP contribution in [0.15, 0.2) is 48.5 Å². The molecule has 1 saturated heterocycles. The monoisotopic (exact) mass is 396 g/mol. The van der Waals surface area contributed by atoms with Gasteiger partial charge in [0.2, 0.25) is 0 Å². The molecule has 1 aliphatic rings. The van der Waals surface area contributed by atoms with Crippen LogP contribution < -0.4 is 14.8 Å². The van der Waals surface area contributed by atoms with E-state index in [1.807, 2.05) is 35.2 Å². The van der Waals surface area contributed by atoms with E-state index in [9.17, 15) is 4.79 Å². The molecule has 3 rings (SSSR count). The minimum Gasteiger partial charge on any atom is -0.493 e. The Labute approximate surface area is 174 Å². The lowest BCUT2D eigenvalue weighted by Gasteiger charge is -2.19. The second-order valence-electron chi connectivity index (χ2n) is 7.52. The predicted octanol–water partition coefficient (Wildman–Crippen LogP) is 4.98. The Bertz CT molecular complexity index is 779. The lowest BCUT2D eigenvalue weighted by Crippen LogP contribution is -2.31. The van der Waals surface area contributed by atoms with Gasteiger partial charge < -0.3 is 19.7 Å². The Morgan fingerprint density at radius 2 is 1.93 bits per heavy atom. The third kappa shape index (κ3) is 5.89. The molecular formula is C24H32N2O3. The van der Waals surface area contributed by atoms with Gasteiger partial charge in [0.25, 0.3) is 5.91 Å². The molecule has 156 valence electrons. The van der Waals surface area contributed by atoms with E-state index < -0.39 is 0 Å². The van der Waals surface area contributed by atoms with E-state index in [2.05, 4.69) is 24.4 Å². The molecule has 1 fully saturated rings. The molecule has 0 aromatic heterocycles. The van der Waals surface area contributed by atoms with Gasteiger partial charge in [0.15, 0.2) is 11.5 Å². The zero-order chi connectivity index (χ0) is 20.5. The molecule has 0 radical (unpaired) electrons. The van der Waals surface area contributed by atoms with Crippen molar-refractivity contribution >= 4 is 11.6 Å². The van der Waals surface area contributed by atoms with Gasteiger partial charge >= 0.3 is 0 Å². The van der Waals surface area contributed by atoms with Crippen molar-refractivity contribution in [2.75, 3.05) is 32.1 Å². The Morgan fingerprint density at radius 3 is 2.69 bits per heavy atom. The van der Waals surface area contributed by atoms with Crippen molar-refractivity contribution in [3.63, 3.8) is 0 Å². The van der Waals surface area contributed by atoms with Gasteiger partial charge in [-0.1, -0.05) is 44.4 Å². The number of carbonyl (C=O) groups excluding carboxylic acids is 1. The van der Waals surface area contributed by atoms with Crippen molar-refractivity contribution in [2.24, 2.45) is 0 Å². The largest absolute Gasteiger partial charge is 0.493 e. The third-order valence-electron chi connectivity index (χ3n) is 5.29. The molecular weight excluding hydrogens is 364 g/mol. The van der Waals surface area contributed by atoms with Gasteiger partial charge in [-0.2, -0.15) is 0 Å². The zero-order valence-corrected chi connectivity index (χ0v) is 17.5. The number of hydrogen-bond donors (Lipinski definition) is 1. The second kappa shape index (κ2) is 10.7. The minimum atomic E-state index is 0.0372. The van der Waals surface area contributed by atoms with Gasteiger partial charge in [0, 0.05) is 30.4 Å². The Kier molecular flexibility index (Phi) is 7.79. The zero-order valence-electron chi connectivity index (χ0n) is 17.5. The lowest BCUT2D eigenvalue weighted by molar-refractivity contribution is 0.0791. The molecule has 2 aromatic carbocycles. The molecule has 1 unspecified atom stereocenters. The van der Waals surface area contributed by atoms with Crippen LogP contribution >= 0.6 is 0 Å². The molecule has 1 heterocycles. The highest BCUT2D eigenvalue weighted by Crippen LogP contribution is 2.29. The first-order valence-corrected chi connectivity index (χ1v) is 10.6. The highest BCUT2D eigenvalue weighted by molar-refractivity contribution is 5.95. The summed E-state index contributed by atoms with van der Waals surface area (Å²) in [5, 5.41) is 3.51. The van der Waals surface area contributed by atoms with E-state index in [1.54, 1.807) is 13.2 Å². The minimum absolute atomic E-state index is 0.0372. The van der Waals surface area contributed by atoms with E-state index in [-0.39, 0.29) is 11.9 Å². The number of nitrogens with one attached hydrogen (secondary N) is 1. The normalized spacial score (nSPS) is 15.9. The van der Waals surface area contributed by atoms with Crippen LogP contribution in [-0.4, -0.2) is 43.7 Å². The van der Waals surface area contributed by atoms with Gasteiger partial charge in [-0.05, 0) is 43.2 Å². The van der Waals surface area contributed by atoms with Crippen molar-refractivity contribution in [3.8, 4) is 11.5 Å². The number of benzene rings is 2. The van der Waals surface area contributed by atoms with Crippen molar-refractivity contribution < 1.29 is 14.3 Å². The number of anilines is 1. The van der Waals surface area contributed by atoms with Crippen LogP contribution in [0.25, 0.3) is 0 Å². The number of likely N-dealkylation sites (tertiary alicyclic amines) is 1. The highest BCUT2D eigenvalue weighted by atomic mass is 16.5. The first-order chi connectivity index (χ1) is 14.2. The SMILES string of the molecule is CCCCCCOc1ccc(C(=O)N2CCC(Nc3ccccc3)C2)cc1OC. The van der Waals surface area contributed by atoms with Crippen LogP contribution in [0.2, 0.25) is 0 Å². The average molecular weight is 397 g/mol. The van der Waals surface area contributed by atoms with E-state index in [0.717, 1.165) is 25.1 Å². The number of nitrogens with zero attached hydrogens (tertiary/aromatic N) is 1. The van der Waals surface area contributed by atoms with Crippen LogP contribution in [0, 0.1) is 0 Å². The number of unbranched alkanes of at least 4 members (excludes halogenated alkanes) is 3. The molecule has 0 spiro atoms. The molecule has 2 aromatic rings. The summed E-state index contributed by atoms with van der Waals surface area (Å²) in [5.41, 5.74) is 1.73. The summed E-state index contributed by atoms with van der Waals surface area (Å²) in [6.45, 7) is 4.32. The number of methoxy groups -OCH3 is 1. The van der Waals surface area contributed by atoms with E-state index >= 15 is 0 Å². The van der Waals surface area contributed by atoms with Crippen LogP contribution in [0.3, 0.4) is 0 Å². The molecule has 0 bridgehead atoms. The maximum Gasteiger partial charge on any atom is 0.254 e. The van der Waals surface area contributed by atoms with E-state index in [4.69, 9.17) is 9.47 Å². The molecule has 1 N–H and O–H groups in total. The second-order valence-corrected chi connectivity index (χ2v) is 7.52. The summed E-state index contributed by atoms with van der Waals surface area (Å²) in [4.78, 5) is 14.9. The fourth-order valence-corrected chi connectivity index (χ4v) is 3.65. The fourth-order valence-electron chi connectivity index (χ4n) is 3.65. The van der Waals surface area contributed by atoms with E-state index in [1.165, 1.54) is 19.3 Å². The maximum absolute atomic E-state index is 13.0. The molecule has 5 heteroatoms. The molecule has 29 heavy (non-hydrogen) atoms. The quantitative estimate of drug-likeness (QED) is 0.576. The van der Waals surface area contributed by atoms with Gasteiger partial charge in [0.05, 0.1) is 13.7 Å². The number of carbonyl (C=O) groups is 1. The molecule has 0 aliphatic carbocycles. The molecule has 5 nitrogen and oxygen atoms in total. The van der Waals surface area contributed by atoms with Crippen LogP contribution in [0.1, 0.15) is 49.4 Å². The number of ether oxygens (including phenoxy) is 2. The van der Waals surface area contributed by atoms with Crippen molar-refractivity contribution in [1.29, 1.82) is 0 Å². The fraction of sp³-hybridized carbons (Fsp3) is 0.458. The maximum atomic E-state index is 13.0. The highest BCUT2D eigenvalue weighted by Gasteiger charge is 2.27. The van der Waals surface area contributed by atoms with Gasteiger partial charge in [0.1, 0.15) is 0 Å². The standard InChI is InChI=1S/C24H32N2O3/c1-3-4-5-9-16-29-22-13-12-19(17-23(22)28-2)24(27)26-15-14-21(18-26)25-20-10-7-6-8-11-20/h6-8,10-13,17,21,25H,3-5,9,14-16,18H2,1-2H3. The smallest absolute Gasteiger partial charge is 0.254 e. The molecule has 0 saturated carbocycles. The van der Waals surface area contributed by atoms with Gasteiger partial charge in [-0.3, -0.25) is 4.79 Å². The number of hydrogen-bond acceptors (Lipinski definition) is 4. The van der Waals surface area contributed by atoms with Crippen LogP contribution in [0.4, 0.5) is 5.69 Å². The predicted molar refractivity (Wildman–Crippen MR) is 117 cm³/mol. The Morgan fingerprint density at radius 1 is 1.10 bits per heavy atom. The number of amides is 1. The average Bonchev–Trinajstić information content (AvgIpc) is 3.22. The first kappa shape index (κ1) is 21.0. The van der Waals surface area contributed by atoms with Gasteiger partial charge in [-0.15, -0.1) is 0 Å². The van der Waals surface area contributed by atoms with E-state index in [0.29, 0.717) is 30.2 Å². The lowest BCUT2D eigenvalue weighted by atomic mass is 10.1. The topological polar surface area (TPSA) is 50.8 Å². The number of rotatable bonds is 10. The summed E-state index contributed by atoms with van der Waals surface area (Å²) < 4.78 is 11.3. The Hall–Kier alpha value is -2.69. The number of para-hydroxylation sites is 1. The summed E-state index contributed by atoms with van der Waals surface area (Å²) in [7, 11) is 1.61. The van der Waals surface area contributed by atoms with Crippen molar-refractivity contribution in [2.45, 2.75) is 45.1 Å². The van der Waals surface area contributed by atoms with Gasteiger partial charge in [-0.25, -0.2) is 0 Å². The summed E-state index contributed by atoms with van der Waals surface area (Å²) in [5.74, 6) is 1.35. The first-order valence-electron chi connectivity index (χ1n) is 10.6. The van der Waals surface area contributed by atoms with Crippen LogP contribution in [-0.2, 0) is 0 Å². The summed E-state index contributed by atoms with van der Waals surface area (Å²) in [6, 6.07) is 15.9. The van der Waals surface area contributed by atoms with Crippen molar-refractivity contribution in [3.05, 3.63) is 54.1 Å². The summed E-state index contributed by atoms with van der Waals surface area (Å²) >= 11 is 0. The third-order valence-corrected chi connectivity index (χ3v) is 5.29. The summed E-state index contributed by atoms with van der Waals surface area (Å²) in [6.07, 6.45) is 5.57. The molecule has 1 atom stereocenters. The molecule has 1 amide bonds. The Balaban J connectivity index is 1.56. The van der Waals surface area contributed by atoms with Crippen molar-refractivity contribution in [1.82, 2.24) is 4.90 Å². The molecule has 1 aliphatic heterocycles. The van der Waals surface area contributed by atoms with Crippen LogP contribution in [0.5, 0.6) is 11.5 Å².